The van der Waals surface area contributed by atoms with Crippen LogP contribution in [0.15, 0.2) is 55.8 Å². The molecule has 0 fully saturated rings. The van der Waals surface area contributed by atoms with Gasteiger partial charge in [0, 0.05) is 22.8 Å². The van der Waals surface area contributed by atoms with Crippen LogP contribution in [0.2, 0.25) is 0 Å². The van der Waals surface area contributed by atoms with Gasteiger partial charge in [0.2, 0.25) is 0 Å². The standard InChI is InChI=1S/C26H24N2/c1-15(2)23-22-13-19(24-16(3)7-6-8-17(24)4)10-12-21(22)26-27-14-20-11-9-18(5)25(23)28(20)26/h6-8,10,12-14H,1,5,9,11H2,2-4H3. The van der Waals surface area contributed by atoms with Gasteiger partial charge in [0.15, 0.2) is 0 Å². The SMILES string of the molecule is C=C(C)c1c2n3c(cnc3c3ccc(-c4c(C)cccc4C)cc13)CCC2=C. The van der Waals surface area contributed by atoms with Gasteiger partial charge in [-0.1, -0.05) is 37.4 Å². The van der Waals surface area contributed by atoms with E-state index in [9.17, 15) is 0 Å². The predicted octanol–water partition coefficient (Wildman–Crippen LogP) is 6.76. The first-order chi connectivity index (χ1) is 13.5. The van der Waals surface area contributed by atoms with E-state index in [4.69, 9.17) is 4.98 Å². The number of aromatic nitrogens is 2. The van der Waals surface area contributed by atoms with E-state index in [1.165, 1.54) is 55.6 Å². The number of rotatable bonds is 2. The molecule has 4 aromatic rings. The summed E-state index contributed by atoms with van der Waals surface area (Å²) in [4.78, 5) is 4.78. The summed E-state index contributed by atoms with van der Waals surface area (Å²) in [6, 6.07) is 13.3. The van der Waals surface area contributed by atoms with E-state index in [1.807, 2.05) is 6.20 Å². The molecule has 1 aliphatic rings. The molecule has 138 valence electrons. The van der Waals surface area contributed by atoms with Crippen LogP contribution in [0.25, 0.3) is 38.7 Å². The number of hydrogen-bond donors (Lipinski definition) is 0. The van der Waals surface area contributed by atoms with Gasteiger partial charge in [-0.15, -0.1) is 0 Å². The van der Waals surface area contributed by atoms with E-state index in [1.54, 1.807) is 0 Å². The molecule has 0 unspecified atom stereocenters. The molecule has 0 aliphatic carbocycles. The van der Waals surface area contributed by atoms with Crippen molar-refractivity contribution in [1.29, 1.82) is 0 Å². The number of aryl methyl sites for hydroxylation is 3. The van der Waals surface area contributed by atoms with E-state index >= 15 is 0 Å². The third kappa shape index (κ3) is 2.24. The summed E-state index contributed by atoms with van der Waals surface area (Å²) in [5.41, 5.74) is 12.1. The van der Waals surface area contributed by atoms with Gasteiger partial charge in [-0.05, 0) is 84.5 Å². The second-order valence-electron chi connectivity index (χ2n) is 8.04. The van der Waals surface area contributed by atoms with Crippen molar-refractivity contribution in [2.24, 2.45) is 0 Å². The van der Waals surface area contributed by atoms with Crippen LogP contribution in [-0.4, -0.2) is 9.38 Å². The molecule has 0 amide bonds. The Morgan fingerprint density at radius 1 is 1.04 bits per heavy atom. The quantitative estimate of drug-likeness (QED) is 0.384. The van der Waals surface area contributed by atoms with E-state index in [0.717, 1.165) is 24.1 Å². The van der Waals surface area contributed by atoms with Gasteiger partial charge in [0.05, 0.1) is 5.69 Å². The number of benzene rings is 2. The fraction of sp³-hybridized carbons (Fsp3) is 0.192. The number of allylic oxidation sites excluding steroid dienone is 2. The molecule has 0 atom stereocenters. The number of imidazole rings is 1. The number of nitrogens with zero attached hydrogens (tertiary/aromatic N) is 2. The molecule has 0 saturated heterocycles. The highest BCUT2D eigenvalue weighted by atomic mass is 15.0. The van der Waals surface area contributed by atoms with Crippen molar-refractivity contribution in [2.75, 3.05) is 0 Å². The molecular formula is C26H24N2. The molecule has 0 spiro atoms. The maximum absolute atomic E-state index is 4.78. The minimum absolute atomic E-state index is 0.975. The molecule has 2 aromatic heterocycles. The number of pyridine rings is 1. The normalized spacial score (nSPS) is 13.5. The summed E-state index contributed by atoms with van der Waals surface area (Å²) in [5, 5.41) is 2.40. The first-order valence-corrected chi connectivity index (χ1v) is 9.84. The van der Waals surface area contributed by atoms with Gasteiger partial charge in [0.25, 0.3) is 0 Å². The highest BCUT2D eigenvalue weighted by molar-refractivity contribution is 6.06. The van der Waals surface area contributed by atoms with E-state index in [2.05, 4.69) is 74.7 Å². The summed E-state index contributed by atoms with van der Waals surface area (Å²) in [6.45, 7) is 15.2. The Bertz CT molecular complexity index is 1300. The molecule has 2 nitrogen and oxygen atoms in total. The molecule has 0 saturated carbocycles. The van der Waals surface area contributed by atoms with Crippen molar-refractivity contribution >= 4 is 27.6 Å². The molecule has 0 bridgehead atoms. The van der Waals surface area contributed by atoms with Crippen molar-refractivity contribution in [1.82, 2.24) is 9.38 Å². The summed E-state index contributed by atoms with van der Waals surface area (Å²) >= 11 is 0. The average molecular weight is 364 g/mol. The Morgan fingerprint density at radius 3 is 2.50 bits per heavy atom. The van der Waals surface area contributed by atoms with Crippen LogP contribution in [0.4, 0.5) is 0 Å². The Hall–Kier alpha value is -3.13. The molecule has 2 aromatic carbocycles. The lowest BCUT2D eigenvalue weighted by molar-refractivity contribution is 0.875. The summed E-state index contributed by atoms with van der Waals surface area (Å²) in [5.74, 6) is 0. The number of hydrogen-bond acceptors (Lipinski definition) is 1. The summed E-state index contributed by atoms with van der Waals surface area (Å²) in [7, 11) is 0. The van der Waals surface area contributed by atoms with Crippen LogP contribution in [0.3, 0.4) is 0 Å². The molecular weight excluding hydrogens is 340 g/mol. The fourth-order valence-corrected chi connectivity index (χ4v) is 4.78. The van der Waals surface area contributed by atoms with Crippen molar-refractivity contribution < 1.29 is 0 Å². The van der Waals surface area contributed by atoms with Gasteiger partial charge in [-0.2, -0.15) is 0 Å². The van der Waals surface area contributed by atoms with E-state index in [0.29, 0.717) is 0 Å². The maximum atomic E-state index is 4.78. The van der Waals surface area contributed by atoms with Crippen LogP contribution in [0.5, 0.6) is 0 Å². The molecule has 0 radical (unpaired) electrons. The van der Waals surface area contributed by atoms with Gasteiger partial charge in [0.1, 0.15) is 5.65 Å². The lowest BCUT2D eigenvalue weighted by atomic mass is 9.89. The zero-order valence-electron chi connectivity index (χ0n) is 16.8. The van der Waals surface area contributed by atoms with Gasteiger partial charge in [-0.25, -0.2) is 4.98 Å². The molecule has 3 heterocycles. The monoisotopic (exact) mass is 364 g/mol. The summed E-state index contributed by atoms with van der Waals surface area (Å²) < 4.78 is 2.30. The maximum Gasteiger partial charge on any atom is 0.145 e. The minimum Gasteiger partial charge on any atom is -0.296 e. The fourth-order valence-electron chi connectivity index (χ4n) is 4.78. The van der Waals surface area contributed by atoms with Crippen LogP contribution >= 0.6 is 0 Å². The van der Waals surface area contributed by atoms with E-state index in [-0.39, 0.29) is 0 Å². The third-order valence-corrected chi connectivity index (χ3v) is 6.04. The van der Waals surface area contributed by atoms with Gasteiger partial charge in [-0.3, -0.25) is 4.40 Å². The predicted molar refractivity (Wildman–Crippen MR) is 120 cm³/mol. The first-order valence-electron chi connectivity index (χ1n) is 9.84. The van der Waals surface area contributed by atoms with Crippen LogP contribution in [0, 0.1) is 13.8 Å². The van der Waals surface area contributed by atoms with Crippen molar-refractivity contribution in [2.45, 2.75) is 33.6 Å². The van der Waals surface area contributed by atoms with E-state index < -0.39 is 0 Å². The Balaban J connectivity index is 1.95. The highest BCUT2D eigenvalue weighted by Crippen LogP contribution is 2.40. The largest absolute Gasteiger partial charge is 0.296 e. The first kappa shape index (κ1) is 17.0. The molecule has 2 heteroatoms. The van der Waals surface area contributed by atoms with Crippen LogP contribution < -0.4 is 0 Å². The third-order valence-electron chi connectivity index (χ3n) is 6.04. The zero-order chi connectivity index (χ0) is 19.6. The molecule has 28 heavy (non-hydrogen) atoms. The van der Waals surface area contributed by atoms with Crippen molar-refractivity contribution in [3.05, 3.63) is 83.8 Å². The topological polar surface area (TPSA) is 17.3 Å². The lowest BCUT2D eigenvalue weighted by Crippen LogP contribution is -2.10. The second-order valence-corrected chi connectivity index (χ2v) is 8.04. The molecule has 0 N–H and O–H groups in total. The lowest BCUT2D eigenvalue weighted by Gasteiger charge is -2.23. The Kier molecular flexibility index (Phi) is 3.60. The van der Waals surface area contributed by atoms with Crippen LogP contribution in [-0.2, 0) is 6.42 Å². The minimum atomic E-state index is 0.975. The smallest absolute Gasteiger partial charge is 0.145 e. The molecule has 1 aliphatic heterocycles. The Labute approximate surface area is 165 Å². The van der Waals surface area contributed by atoms with Crippen LogP contribution in [0.1, 0.15) is 41.4 Å². The van der Waals surface area contributed by atoms with Crippen molar-refractivity contribution in [3.63, 3.8) is 0 Å². The Morgan fingerprint density at radius 2 is 1.79 bits per heavy atom. The molecule has 5 rings (SSSR count). The number of fused-ring (bicyclic) bond motifs is 2. The van der Waals surface area contributed by atoms with Gasteiger partial charge < -0.3 is 0 Å². The second kappa shape index (κ2) is 5.93. The average Bonchev–Trinajstić information content (AvgIpc) is 3.09. The van der Waals surface area contributed by atoms with Crippen molar-refractivity contribution in [3.8, 4) is 11.1 Å². The van der Waals surface area contributed by atoms with Gasteiger partial charge >= 0.3 is 0 Å². The highest BCUT2D eigenvalue weighted by Gasteiger charge is 2.24. The summed E-state index contributed by atoms with van der Waals surface area (Å²) in [6.07, 6.45) is 3.99. The zero-order valence-corrected chi connectivity index (χ0v) is 16.8.